The Morgan fingerprint density at radius 2 is 1.88 bits per heavy atom. The van der Waals surface area contributed by atoms with E-state index in [9.17, 15) is 5.11 Å². The highest BCUT2D eigenvalue weighted by molar-refractivity contribution is 14.1. The van der Waals surface area contributed by atoms with Crippen LogP contribution in [0.1, 0.15) is 6.92 Å². The van der Waals surface area contributed by atoms with Gasteiger partial charge in [0.25, 0.3) is 0 Å². The fourth-order valence-corrected chi connectivity index (χ4v) is 5.11. The molecule has 1 rings (SSSR count). The van der Waals surface area contributed by atoms with E-state index in [0.29, 0.717) is 13.2 Å². The van der Waals surface area contributed by atoms with Crippen molar-refractivity contribution >= 4 is 67.8 Å². The van der Waals surface area contributed by atoms with E-state index in [1.54, 1.807) is 0 Å². The molecule has 17 heavy (non-hydrogen) atoms. The zero-order chi connectivity index (χ0) is 12.8. The van der Waals surface area contributed by atoms with E-state index >= 15 is 0 Å². The summed E-state index contributed by atoms with van der Waals surface area (Å²) in [7, 11) is 0. The molecule has 0 aliphatic carbocycles. The van der Waals surface area contributed by atoms with Crippen LogP contribution in [-0.2, 0) is 0 Å². The van der Waals surface area contributed by atoms with Gasteiger partial charge in [-0.1, -0.05) is 6.92 Å². The molecule has 0 aromatic heterocycles. The van der Waals surface area contributed by atoms with Gasteiger partial charge < -0.3 is 15.2 Å². The molecular formula is C11H14I3NO2. The molecule has 0 aliphatic rings. The minimum atomic E-state index is -0.471. The molecule has 0 amide bonds. The minimum Gasteiger partial charge on any atom is -0.489 e. The van der Waals surface area contributed by atoms with Crippen molar-refractivity contribution in [1.29, 1.82) is 0 Å². The van der Waals surface area contributed by atoms with Gasteiger partial charge in [-0.05, 0) is 86.5 Å². The molecule has 1 aromatic carbocycles. The number of halogens is 3. The Hall–Kier alpha value is 1.13. The molecule has 0 aliphatic heterocycles. The van der Waals surface area contributed by atoms with Crippen LogP contribution in [0.3, 0.4) is 0 Å². The first-order valence-electron chi connectivity index (χ1n) is 5.20. The third-order valence-corrected chi connectivity index (χ3v) is 4.24. The van der Waals surface area contributed by atoms with E-state index in [-0.39, 0.29) is 0 Å². The molecule has 0 heterocycles. The number of rotatable bonds is 6. The zero-order valence-corrected chi connectivity index (χ0v) is 15.8. The maximum Gasteiger partial charge on any atom is 0.146 e. The molecule has 0 spiro atoms. The largest absolute Gasteiger partial charge is 0.489 e. The second kappa shape index (κ2) is 8.33. The smallest absolute Gasteiger partial charge is 0.146 e. The summed E-state index contributed by atoms with van der Waals surface area (Å²) in [4.78, 5) is 0. The normalized spacial score (nSPS) is 12.5. The highest BCUT2D eigenvalue weighted by Gasteiger charge is 2.10. The third-order valence-electron chi connectivity index (χ3n) is 2.01. The second-order valence-electron chi connectivity index (χ2n) is 3.47. The maximum atomic E-state index is 9.68. The lowest BCUT2D eigenvalue weighted by Gasteiger charge is -2.15. The number of hydrogen-bond acceptors (Lipinski definition) is 3. The van der Waals surface area contributed by atoms with E-state index in [0.717, 1.165) is 19.4 Å². The monoisotopic (exact) mass is 573 g/mol. The number of aliphatic hydroxyl groups excluding tert-OH is 1. The van der Waals surface area contributed by atoms with Gasteiger partial charge in [0.1, 0.15) is 18.5 Å². The molecule has 0 bridgehead atoms. The lowest BCUT2D eigenvalue weighted by Crippen LogP contribution is -2.31. The lowest BCUT2D eigenvalue weighted by atomic mass is 10.3. The van der Waals surface area contributed by atoms with Crippen LogP contribution in [-0.4, -0.2) is 30.9 Å². The van der Waals surface area contributed by atoms with Gasteiger partial charge in [-0.15, -0.1) is 0 Å². The summed E-state index contributed by atoms with van der Waals surface area (Å²) in [6.45, 7) is 3.75. The van der Waals surface area contributed by atoms with E-state index in [1.807, 2.05) is 6.92 Å². The summed E-state index contributed by atoms with van der Waals surface area (Å²) in [5.74, 6) is 0.863. The van der Waals surface area contributed by atoms with Gasteiger partial charge in [-0.25, -0.2) is 0 Å². The van der Waals surface area contributed by atoms with Gasteiger partial charge in [0.05, 0.1) is 7.14 Å². The molecule has 1 aromatic rings. The summed E-state index contributed by atoms with van der Waals surface area (Å²) in [5, 5.41) is 12.8. The van der Waals surface area contributed by atoms with E-state index in [2.05, 4.69) is 85.2 Å². The van der Waals surface area contributed by atoms with Crippen LogP contribution in [0.25, 0.3) is 0 Å². The Balaban J connectivity index is 2.57. The number of nitrogens with one attached hydrogen (secondary N) is 1. The molecule has 0 radical (unpaired) electrons. The second-order valence-corrected chi connectivity index (χ2v) is 7.04. The number of ether oxygens (including phenoxy) is 1. The molecule has 2 N–H and O–H groups in total. The minimum absolute atomic E-state index is 0.319. The third kappa shape index (κ3) is 5.74. The summed E-state index contributed by atoms with van der Waals surface area (Å²) in [6.07, 6.45) is -0.471. The standard InChI is InChI=1S/C11H14I3NO2/c1-2-15-5-8(16)6-17-11-9(13)3-7(12)4-10(11)14/h3-4,8,15-16H,2,5-6H2,1H3. The highest BCUT2D eigenvalue weighted by atomic mass is 127. The predicted octanol–water partition coefficient (Wildman–Crippen LogP) is 2.85. The Morgan fingerprint density at radius 3 is 2.41 bits per heavy atom. The van der Waals surface area contributed by atoms with Gasteiger partial charge in [0.2, 0.25) is 0 Å². The molecule has 3 nitrogen and oxygen atoms in total. The molecule has 0 saturated heterocycles. The molecule has 0 saturated carbocycles. The molecule has 96 valence electrons. The van der Waals surface area contributed by atoms with Crippen LogP contribution < -0.4 is 10.1 Å². The average molecular weight is 573 g/mol. The first-order valence-corrected chi connectivity index (χ1v) is 8.44. The van der Waals surface area contributed by atoms with Crippen molar-refractivity contribution in [2.75, 3.05) is 19.7 Å². The summed E-state index contributed by atoms with van der Waals surface area (Å²) >= 11 is 6.79. The summed E-state index contributed by atoms with van der Waals surface area (Å²) < 4.78 is 9.02. The van der Waals surface area contributed by atoms with Gasteiger partial charge >= 0.3 is 0 Å². The number of benzene rings is 1. The lowest BCUT2D eigenvalue weighted by molar-refractivity contribution is 0.106. The number of hydrogen-bond donors (Lipinski definition) is 2. The first kappa shape index (κ1) is 16.2. The summed E-state index contributed by atoms with van der Waals surface area (Å²) in [5.41, 5.74) is 0. The first-order chi connectivity index (χ1) is 8.04. The van der Waals surface area contributed by atoms with Gasteiger partial charge in [-0.2, -0.15) is 0 Å². The van der Waals surface area contributed by atoms with Crippen molar-refractivity contribution in [2.45, 2.75) is 13.0 Å². The molecular weight excluding hydrogens is 559 g/mol. The Kier molecular flexibility index (Phi) is 7.93. The summed E-state index contributed by atoms with van der Waals surface area (Å²) in [6, 6.07) is 4.13. The van der Waals surface area contributed by atoms with Crippen LogP contribution in [0.5, 0.6) is 5.75 Å². The Morgan fingerprint density at radius 1 is 1.29 bits per heavy atom. The quantitative estimate of drug-likeness (QED) is 0.516. The van der Waals surface area contributed by atoms with Crippen LogP contribution >= 0.6 is 67.8 Å². The topological polar surface area (TPSA) is 41.5 Å². The van der Waals surface area contributed by atoms with Crippen molar-refractivity contribution in [3.63, 3.8) is 0 Å². The SMILES string of the molecule is CCNCC(O)COc1c(I)cc(I)cc1I. The molecule has 1 unspecified atom stereocenters. The molecule has 1 atom stereocenters. The van der Waals surface area contributed by atoms with Crippen molar-refractivity contribution in [1.82, 2.24) is 5.32 Å². The van der Waals surface area contributed by atoms with Crippen LogP contribution in [0, 0.1) is 10.7 Å². The molecule has 6 heteroatoms. The van der Waals surface area contributed by atoms with Crippen molar-refractivity contribution < 1.29 is 9.84 Å². The van der Waals surface area contributed by atoms with Gasteiger partial charge in [0.15, 0.2) is 0 Å². The number of aliphatic hydroxyl groups is 1. The van der Waals surface area contributed by atoms with E-state index in [4.69, 9.17) is 4.74 Å². The van der Waals surface area contributed by atoms with Gasteiger partial charge in [0, 0.05) is 10.1 Å². The molecule has 0 fully saturated rings. The maximum absolute atomic E-state index is 9.68. The highest BCUT2D eigenvalue weighted by Crippen LogP contribution is 2.29. The average Bonchev–Trinajstić information content (AvgIpc) is 2.24. The number of likely N-dealkylation sites (N-methyl/N-ethyl adjacent to an activating group) is 1. The Bertz CT molecular complexity index is 351. The van der Waals surface area contributed by atoms with Crippen LogP contribution in [0.15, 0.2) is 12.1 Å². The fraction of sp³-hybridized carbons (Fsp3) is 0.455. The van der Waals surface area contributed by atoms with Crippen LogP contribution in [0.2, 0.25) is 0 Å². The van der Waals surface area contributed by atoms with Crippen molar-refractivity contribution in [2.24, 2.45) is 0 Å². The van der Waals surface area contributed by atoms with Crippen LogP contribution in [0.4, 0.5) is 0 Å². The van der Waals surface area contributed by atoms with Crippen molar-refractivity contribution in [3.8, 4) is 5.75 Å². The van der Waals surface area contributed by atoms with Crippen molar-refractivity contribution in [3.05, 3.63) is 22.8 Å². The Labute approximate surface area is 142 Å². The van der Waals surface area contributed by atoms with E-state index in [1.165, 1.54) is 3.57 Å². The fourth-order valence-electron chi connectivity index (χ4n) is 1.22. The van der Waals surface area contributed by atoms with E-state index < -0.39 is 6.10 Å². The zero-order valence-electron chi connectivity index (χ0n) is 9.34. The predicted molar refractivity (Wildman–Crippen MR) is 94.6 cm³/mol. The van der Waals surface area contributed by atoms with Gasteiger partial charge in [-0.3, -0.25) is 0 Å².